The van der Waals surface area contributed by atoms with E-state index < -0.39 is 49.0 Å². The van der Waals surface area contributed by atoms with E-state index in [0.29, 0.717) is 11.3 Å². The van der Waals surface area contributed by atoms with Crippen LogP contribution >= 0.6 is 0 Å². The lowest BCUT2D eigenvalue weighted by Gasteiger charge is -2.28. The van der Waals surface area contributed by atoms with Gasteiger partial charge in [0.15, 0.2) is 17.6 Å². The van der Waals surface area contributed by atoms with Gasteiger partial charge in [-0.3, -0.25) is 0 Å². The summed E-state index contributed by atoms with van der Waals surface area (Å²) in [5, 5.41) is 9.23. The number of hydrogen-bond acceptors (Lipinski definition) is 6. The summed E-state index contributed by atoms with van der Waals surface area (Å²) in [6.07, 6.45) is -11.2. The van der Waals surface area contributed by atoms with Crippen molar-refractivity contribution < 1.29 is 64.4 Å². The van der Waals surface area contributed by atoms with Gasteiger partial charge in [-0.1, -0.05) is 24.3 Å². The van der Waals surface area contributed by atoms with E-state index >= 15 is 0 Å². The largest absolute Gasteiger partial charge is 0.493 e. The number of carbonyl (C=O) groups is 2. The third-order valence-corrected chi connectivity index (χ3v) is 6.13. The minimum Gasteiger partial charge on any atom is -0.493 e. The van der Waals surface area contributed by atoms with Crippen LogP contribution in [0.25, 0.3) is 0 Å². The summed E-state index contributed by atoms with van der Waals surface area (Å²) >= 11 is 0. The molecule has 0 aliphatic rings. The number of carboxylic acids is 1. The third-order valence-electron chi connectivity index (χ3n) is 6.13. The highest BCUT2D eigenvalue weighted by Crippen LogP contribution is 2.48. The molecule has 43 heavy (non-hydrogen) atoms. The zero-order valence-corrected chi connectivity index (χ0v) is 23.3. The summed E-state index contributed by atoms with van der Waals surface area (Å²) in [5.41, 5.74) is 0.656. The first kappa shape index (κ1) is 35.4. The molecule has 15 heteroatoms. The van der Waals surface area contributed by atoms with E-state index in [1.165, 1.54) is 19.2 Å². The molecule has 1 amide bonds. The Morgan fingerprint density at radius 1 is 0.907 bits per heavy atom. The number of para-hydroxylation sites is 2. The van der Waals surface area contributed by atoms with Gasteiger partial charge < -0.3 is 29.0 Å². The molecule has 2 aromatic carbocycles. The van der Waals surface area contributed by atoms with E-state index in [4.69, 9.17) is 18.9 Å². The van der Waals surface area contributed by atoms with Crippen molar-refractivity contribution in [2.24, 2.45) is 0 Å². The Morgan fingerprint density at radius 3 is 2.09 bits per heavy atom. The maximum absolute atomic E-state index is 13.7. The fourth-order valence-electron chi connectivity index (χ4n) is 3.80. The number of amides is 1. The molecule has 2 aromatic rings. The number of nitrogens with zero attached hydrogens (tertiary/aromatic N) is 1. The zero-order chi connectivity index (χ0) is 32.3. The second-order valence-electron chi connectivity index (χ2n) is 9.22. The van der Waals surface area contributed by atoms with Crippen LogP contribution < -0.4 is 14.2 Å². The summed E-state index contributed by atoms with van der Waals surface area (Å²) in [4.78, 5) is 25.2. The van der Waals surface area contributed by atoms with Crippen molar-refractivity contribution in [2.75, 3.05) is 33.4 Å². The van der Waals surface area contributed by atoms with Crippen LogP contribution in [0, 0.1) is 0 Å². The minimum absolute atomic E-state index is 0.0274. The Morgan fingerprint density at radius 2 is 1.53 bits per heavy atom. The molecular weight excluding hydrogens is 595 g/mol. The van der Waals surface area contributed by atoms with Gasteiger partial charge in [0, 0.05) is 26.0 Å². The molecule has 0 saturated heterocycles. The lowest BCUT2D eigenvalue weighted by atomic mass is 10.0. The van der Waals surface area contributed by atoms with Gasteiger partial charge >= 0.3 is 30.1 Å². The van der Waals surface area contributed by atoms with Gasteiger partial charge in [-0.05, 0) is 49.6 Å². The molecular formula is C28H32F7NO7. The number of hydrogen-bond donors (Lipinski definition) is 1. The Kier molecular flexibility index (Phi) is 12.9. The normalized spacial score (nSPS) is 12.9. The van der Waals surface area contributed by atoms with E-state index in [1.807, 2.05) is 0 Å². The van der Waals surface area contributed by atoms with Crippen molar-refractivity contribution >= 4 is 12.1 Å². The molecule has 0 aliphatic heterocycles. The first-order valence-corrected chi connectivity index (χ1v) is 13.1. The highest BCUT2D eigenvalue weighted by atomic mass is 19.4. The number of alkyl halides is 7. The van der Waals surface area contributed by atoms with Crippen LogP contribution in [0.1, 0.15) is 31.7 Å². The first-order chi connectivity index (χ1) is 20.1. The van der Waals surface area contributed by atoms with E-state index in [2.05, 4.69) is 0 Å². The highest BCUT2D eigenvalue weighted by Gasteiger charge is 2.72. The van der Waals surface area contributed by atoms with Crippen molar-refractivity contribution in [3.8, 4) is 17.2 Å². The molecule has 2 rings (SSSR count). The first-order valence-electron chi connectivity index (χ1n) is 13.1. The number of aliphatic carboxylic acids is 1. The molecule has 1 atom stereocenters. The zero-order valence-electron chi connectivity index (χ0n) is 23.3. The fourth-order valence-corrected chi connectivity index (χ4v) is 3.80. The van der Waals surface area contributed by atoms with Crippen LogP contribution in [-0.2, 0) is 16.0 Å². The number of unbranched alkanes of at least 4 members (excludes halogenated alkanes) is 1. The molecule has 8 nitrogen and oxygen atoms in total. The van der Waals surface area contributed by atoms with Gasteiger partial charge in [-0.2, -0.15) is 30.7 Å². The maximum atomic E-state index is 13.7. The summed E-state index contributed by atoms with van der Waals surface area (Å²) in [6.45, 7) is 1.26. The predicted octanol–water partition coefficient (Wildman–Crippen LogP) is 6.61. The number of carbonyl (C=O) groups excluding carboxylic acids is 1. The molecule has 0 heterocycles. The van der Waals surface area contributed by atoms with Crippen LogP contribution in [0.2, 0.25) is 0 Å². The standard InChI is InChI=1S/C28H32F7NO7/c1-3-41-23(24(37)38)18-19-10-12-20(13-11-19)42-17-16-36(25(39)43-22-9-5-4-8-21(22)40-2)15-7-6-14-26(29,30)27(31,32)28(33,34)35/h4-5,8-13,23H,3,6-7,14-18H2,1-2H3,(H,37,38). The number of ether oxygens (including phenoxy) is 4. The van der Waals surface area contributed by atoms with Gasteiger partial charge in [-0.25, -0.2) is 9.59 Å². The molecule has 1 unspecified atom stereocenters. The number of benzene rings is 2. The van der Waals surface area contributed by atoms with Crippen LogP contribution in [0.5, 0.6) is 17.2 Å². The second-order valence-corrected chi connectivity index (χ2v) is 9.22. The van der Waals surface area contributed by atoms with Gasteiger partial charge in [0.25, 0.3) is 0 Å². The Labute approximate surface area is 243 Å². The molecule has 0 fully saturated rings. The van der Waals surface area contributed by atoms with Crippen molar-refractivity contribution in [1.29, 1.82) is 0 Å². The SMILES string of the molecule is CCOC(Cc1ccc(OCCN(CCCCC(F)(F)C(F)(F)C(F)(F)F)C(=O)Oc2ccccc2OC)cc1)C(=O)O. The molecule has 1 N–H and O–H groups in total. The Balaban J connectivity index is 2.04. The predicted molar refractivity (Wildman–Crippen MR) is 139 cm³/mol. The monoisotopic (exact) mass is 627 g/mol. The number of carboxylic acid groups (broad SMARTS) is 1. The molecule has 0 aliphatic carbocycles. The van der Waals surface area contributed by atoms with E-state index in [9.17, 15) is 45.4 Å². The Hall–Kier alpha value is -3.75. The van der Waals surface area contributed by atoms with Gasteiger partial charge in [0.05, 0.1) is 13.7 Å². The number of halogens is 7. The summed E-state index contributed by atoms with van der Waals surface area (Å²) in [6, 6.07) is 12.5. The summed E-state index contributed by atoms with van der Waals surface area (Å²) in [5.74, 6) is -12.1. The topological polar surface area (TPSA) is 94.5 Å². The maximum Gasteiger partial charge on any atom is 0.459 e. The molecule has 0 bridgehead atoms. The van der Waals surface area contributed by atoms with Crippen LogP contribution in [0.3, 0.4) is 0 Å². The lowest BCUT2D eigenvalue weighted by Crippen LogP contribution is -2.51. The quantitative estimate of drug-likeness (QED) is 0.156. The molecule has 240 valence electrons. The second kappa shape index (κ2) is 15.6. The minimum atomic E-state index is -6.42. The third kappa shape index (κ3) is 10.2. The average Bonchev–Trinajstić information content (AvgIpc) is 2.94. The van der Waals surface area contributed by atoms with Crippen LogP contribution in [0.15, 0.2) is 48.5 Å². The number of methoxy groups -OCH3 is 1. The smallest absolute Gasteiger partial charge is 0.459 e. The average molecular weight is 628 g/mol. The van der Waals surface area contributed by atoms with Crippen LogP contribution in [-0.4, -0.2) is 79.6 Å². The van der Waals surface area contributed by atoms with E-state index in [-0.39, 0.29) is 50.6 Å². The molecule has 0 aromatic heterocycles. The van der Waals surface area contributed by atoms with Gasteiger partial charge in [0.1, 0.15) is 12.4 Å². The molecule has 0 spiro atoms. The number of rotatable bonds is 17. The van der Waals surface area contributed by atoms with Crippen molar-refractivity contribution in [3.63, 3.8) is 0 Å². The molecule has 0 radical (unpaired) electrons. The van der Waals surface area contributed by atoms with Gasteiger partial charge in [-0.15, -0.1) is 0 Å². The van der Waals surface area contributed by atoms with Crippen molar-refractivity contribution in [3.05, 3.63) is 54.1 Å². The Bertz CT molecular complexity index is 1180. The molecule has 0 saturated carbocycles. The van der Waals surface area contributed by atoms with E-state index in [0.717, 1.165) is 4.90 Å². The van der Waals surface area contributed by atoms with E-state index in [1.54, 1.807) is 43.3 Å². The van der Waals surface area contributed by atoms with Crippen molar-refractivity contribution in [1.82, 2.24) is 4.90 Å². The fraction of sp³-hybridized carbons (Fsp3) is 0.500. The highest BCUT2D eigenvalue weighted by molar-refractivity contribution is 5.73. The van der Waals surface area contributed by atoms with Gasteiger partial charge in [0.2, 0.25) is 0 Å². The summed E-state index contributed by atoms with van der Waals surface area (Å²) in [7, 11) is 1.33. The summed E-state index contributed by atoms with van der Waals surface area (Å²) < 4.78 is 112. The van der Waals surface area contributed by atoms with Crippen molar-refractivity contribution in [2.45, 2.75) is 56.7 Å². The lowest BCUT2D eigenvalue weighted by molar-refractivity contribution is -0.355. The van der Waals surface area contributed by atoms with Crippen LogP contribution in [0.4, 0.5) is 35.5 Å².